The molecule has 0 atom stereocenters. The molecule has 3 aromatic rings. The minimum atomic E-state index is -0.489. The van der Waals surface area contributed by atoms with Gasteiger partial charge in [0.15, 0.2) is 23.0 Å². The number of fused-ring (bicyclic) bond motifs is 1. The predicted octanol–water partition coefficient (Wildman–Crippen LogP) is 1.70. The summed E-state index contributed by atoms with van der Waals surface area (Å²) >= 11 is 0. The maximum atomic E-state index is 12.3. The Balaban J connectivity index is 1.33. The van der Waals surface area contributed by atoms with Crippen LogP contribution < -0.4 is 29.7 Å². The van der Waals surface area contributed by atoms with Crippen molar-refractivity contribution in [3.63, 3.8) is 0 Å². The van der Waals surface area contributed by atoms with Crippen LogP contribution in [0.4, 0.5) is 0 Å². The molecule has 2 heterocycles. The Kier molecular flexibility index (Phi) is 6.39. The number of hydrogen-bond acceptors (Lipinski definition) is 8. The van der Waals surface area contributed by atoms with Gasteiger partial charge < -0.3 is 24.3 Å². The lowest BCUT2D eigenvalue weighted by Gasteiger charge is -2.09. The molecule has 3 N–H and O–H groups in total. The van der Waals surface area contributed by atoms with Crippen molar-refractivity contribution < 1.29 is 28.5 Å². The van der Waals surface area contributed by atoms with E-state index >= 15 is 0 Å². The van der Waals surface area contributed by atoms with Crippen LogP contribution in [0.5, 0.6) is 23.0 Å². The van der Waals surface area contributed by atoms with E-state index in [2.05, 4.69) is 26.0 Å². The number of H-pyrrole nitrogens is 1. The second-order valence-electron chi connectivity index (χ2n) is 6.81. The molecule has 11 nitrogen and oxygen atoms in total. The Morgan fingerprint density at radius 2 is 1.94 bits per heavy atom. The van der Waals surface area contributed by atoms with Crippen LogP contribution in [-0.4, -0.2) is 55.8 Å². The summed E-state index contributed by atoms with van der Waals surface area (Å²) in [4.78, 5) is 24.3. The third-order valence-corrected chi connectivity index (χ3v) is 4.78. The average molecular weight is 451 g/mol. The monoisotopic (exact) mass is 451 g/mol. The second kappa shape index (κ2) is 9.73. The quantitative estimate of drug-likeness (QED) is 0.350. The van der Waals surface area contributed by atoms with Crippen molar-refractivity contribution in [2.24, 2.45) is 5.10 Å². The molecule has 0 bridgehead atoms. The highest BCUT2D eigenvalue weighted by atomic mass is 16.7. The molecule has 0 unspecified atom stereocenters. The van der Waals surface area contributed by atoms with Crippen LogP contribution >= 0.6 is 0 Å². The van der Waals surface area contributed by atoms with Crippen LogP contribution in [0, 0.1) is 0 Å². The van der Waals surface area contributed by atoms with E-state index in [1.54, 1.807) is 50.7 Å². The number of carbonyl (C=O) groups is 2. The number of hydrogen-bond donors (Lipinski definition) is 3. The molecule has 170 valence electrons. The number of hydrazone groups is 1. The van der Waals surface area contributed by atoms with Crippen molar-refractivity contribution in [1.29, 1.82) is 0 Å². The first-order chi connectivity index (χ1) is 16.1. The minimum Gasteiger partial charge on any atom is -0.493 e. The SMILES string of the molecule is COc1ccc(-c2[nH]ncc2C=NNC(=O)CNC(=O)c2ccc3c(c2)OCO3)cc1OC. The number of ether oxygens (including phenoxy) is 4. The molecule has 2 amide bonds. The molecule has 1 aliphatic heterocycles. The van der Waals surface area contributed by atoms with E-state index in [-0.39, 0.29) is 13.3 Å². The summed E-state index contributed by atoms with van der Waals surface area (Å²) in [5.41, 5.74) is 4.86. The normalized spacial score (nSPS) is 11.9. The highest BCUT2D eigenvalue weighted by Gasteiger charge is 2.16. The van der Waals surface area contributed by atoms with Gasteiger partial charge in [-0.2, -0.15) is 10.2 Å². The van der Waals surface area contributed by atoms with E-state index in [9.17, 15) is 9.59 Å². The smallest absolute Gasteiger partial charge is 0.259 e. The van der Waals surface area contributed by atoms with E-state index in [1.807, 2.05) is 6.07 Å². The van der Waals surface area contributed by atoms with E-state index in [0.29, 0.717) is 39.8 Å². The maximum absolute atomic E-state index is 12.3. The third-order valence-electron chi connectivity index (χ3n) is 4.78. The number of aromatic nitrogens is 2. The standard InChI is InChI=1S/C22H21N5O6/c1-30-16-5-3-13(7-18(16)31-2)21-15(10-25-27-21)9-24-26-20(28)11-23-22(29)14-4-6-17-19(8-14)33-12-32-17/h3-10H,11-12H2,1-2H3,(H,23,29)(H,25,27)(H,26,28). The van der Waals surface area contributed by atoms with Crippen molar-refractivity contribution >= 4 is 18.0 Å². The first-order valence-electron chi connectivity index (χ1n) is 9.84. The number of amides is 2. The molecule has 0 fully saturated rings. The number of carbonyl (C=O) groups excluding carboxylic acids is 2. The molecule has 2 aromatic carbocycles. The molecule has 0 radical (unpaired) electrons. The molecule has 4 rings (SSSR count). The van der Waals surface area contributed by atoms with Gasteiger partial charge in [0.2, 0.25) is 6.79 Å². The molecule has 0 saturated heterocycles. The lowest BCUT2D eigenvalue weighted by Crippen LogP contribution is -2.34. The van der Waals surface area contributed by atoms with Crippen LogP contribution in [-0.2, 0) is 4.79 Å². The minimum absolute atomic E-state index is 0.116. The van der Waals surface area contributed by atoms with Gasteiger partial charge in [0, 0.05) is 16.7 Å². The van der Waals surface area contributed by atoms with E-state index < -0.39 is 11.8 Å². The van der Waals surface area contributed by atoms with Crippen LogP contribution in [0.25, 0.3) is 11.3 Å². The zero-order valence-electron chi connectivity index (χ0n) is 17.9. The van der Waals surface area contributed by atoms with Gasteiger partial charge in [0.05, 0.1) is 38.9 Å². The highest BCUT2D eigenvalue weighted by Crippen LogP contribution is 2.33. The van der Waals surface area contributed by atoms with Gasteiger partial charge in [-0.3, -0.25) is 14.7 Å². The lowest BCUT2D eigenvalue weighted by molar-refractivity contribution is -0.120. The predicted molar refractivity (Wildman–Crippen MR) is 118 cm³/mol. The zero-order valence-corrected chi connectivity index (χ0v) is 17.9. The average Bonchev–Trinajstić information content (AvgIpc) is 3.51. The fourth-order valence-corrected chi connectivity index (χ4v) is 3.13. The fraction of sp³-hybridized carbons (Fsp3) is 0.182. The van der Waals surface area contributed by atoms with E-state index in [4.69, 9.17) is 18.9 Å². The van der Waals surface area contributed by atoms with Crippen LogP contribution in [0.15, 0.2) is 47.7 Å². The molecular weight excluding hydrogens is 430 g/mol. The largest absolute Gasteiger partial charge is 0.493 e. The van der Waals surface area contributed by atoms with E-state index in [1.165, 1.54) is 6.21 Å². The highest BCUT2D eigenvalue weighted by molar-refractivity contribution is 5.97. The van der Waals surface area contributed by atoms with Gasteiger partial charge in [-0.05, 0) is 36.4 Å². The topological polar surface area (TPSA) is 136 Å². The Hall–Kier alpha value is -4.54. The van der Waals surface area contributed by atoms with Gasteiger partial charge in [-0.15, -0.1) is 0 Å². The van der Waals surface area contributed by atoms with Crippen molar-refractivity contribution in [2.45, 2.75) is 0 Å². The summed E-state index contributed by atoms with van der Waals surface area (Å²) in [6.45, 7) is -0.135. The van der Waals surface area contributed by atoms with Crippen molar-refractivity contribution in [3.8, 4) is 34.3 Å². The zero-order chi connectivity index (χ0) is 23.2. The number of benzene rings is 2. The van der Waals surface area contributed by atoms with Gasteiger partial charge in [0.25, 0.3) is 11.8 Å². The van der Waals surface area contributed by atoms with Crippen LogP contribution in [0.2, 0.25) is 0 Å². The number of nitrogens with zero attached hydrogens (tertiary/aromatic N) is 2. The van der Waals surface area contributed by atoms with Crippen molar-refractivity contribution in [2.75, 3.05) is 27.6 Å². The van der Waals surface area contributed by atoms with Crippen LogP contribution in [0.3, 0.4) is 0 Å². The van der Waals surface area contributed by atoms with Gasteiger partial charge in [-0.1, -0.05) is 0 Å². The summed E-state index contributed by atoms with van der Waals surface area (Å²) in [7, 11) is 3.11. The van der Waals surface area contributed by atoms with Gasteiger partial charge in [0.1, 0.15) is 0 Å². The number of aromatic amines is 1. The first-order valence-corrected chi connectivity index (χ1v) is 9.84. The maximum Gasteiger partial charge on any atom is 0.259 e. The molecule has 1 aromatic heterocycles. The van der Waals surface area contributed by atoms with Crippen molar-refractivity contribution in [1.82, 2.24) is 20.9 Å². The molecule has 33 heavy (non-hydrogen) atoms. The number of rotatable bonds is 8. The first kappa shape index (κ1) is 21.7. The Morgan fingerprint density at radius 3 is 2.76 bits per heavy atom. The summed E-state index contributed by atoms with van der Waals surface area (Å²) in [6, 6.07) is 10.2. The molecular formula is C22H21N5O6. The molecule has 0 saturated carbocycles. The van der Waals surface area contributed by atoms with E-state index in [0.717, 1.165) is 5.56 Å². The van der Waals surface area contributed by atoms with Gasteiger partial charge >= 0.3 is 0 Å². The number of nitrogens with one attached hydrogen (secondary N) is 3. The molecule has 0 aliphatic carbocycles. The van der Waals surface area contributed by atoms with Crippen molar-refractivity contribution in [3.05, 3.63) is 53.7 Å². The summed E-state index contributed by atoms with van der Waals surface area (Å²) in [6.07, 6.45) is 3.02. The Labute approximate surface area is 188 Å². The summed E-state index contributed by atoms with van der Waals surface area (Å²) in [5.74, 6) is 1.33. The molecule has 1 aliphatic rings. The van der Waals surface area contributed by atoms with Crippen LogP contribution in [0.1, 0.15) is 15.9 Å². The Morgan fingerprint density at radius 1 is 1.12 bits per heavy atom. The Bertz CT molecular complexity index is 1210. The summed E-state index contributed by atoms with van der Waals surface area (Å²) in [5, 5.41) is 13.4. The number of methoxy groups -OCH3 is 2. The fourth-order valence-electron chi connectivity index (χ4n) is 3.13. The lowest BCUT2D eigenvalue weighted by atomic mass is 10.1. The second-order valence-corrected chi connectivity index (χ2v) is 6.81. The molecule has 11 heteroatoms. The summed E-state index contributed by atoms with van der Waals surface area (Å²) < 4.78 is 21.0. The van der Waals surface area contributed by atoms with Gasteiger partial charge in [-0.25, -0.2) is 5.43 Å². The third kappa shape index (κ3) is 4.87. The molecule has 0 spiro atoms.